The van der Waals surface area contributed by atoms with Crippen LogP contribution in [0.15, 0.2) is 18.2 Å². The van der Waals surface area contributed by atoms with Gasteiger partial charge in [-0.1, -0.05) is 6.07 Å². The monoisotopic (exact) mass is 246 g/mol. The molecule has 6 heteroatoms. The molecule has 0 atom stereocenters. The van der Waals surface area contributed by atoms with Crippen LogP contribution in [0.4, 0.5) is 10.1 Å². The van der Waals surface area contributed by atoms with Gasteiger partial charge in [-0.2, -0.15) is 0 Å². The molecule has 0 saturated carbocycles. The van der Waals surface area contributed by atoms with Gasteiger partial charge in [0.25, 0.3) is 0 Å². The van der Waals surface area contributed by atoms with Crippen molar-refractivity contribution in [3.05, 3.63) is 29.6 Å². The van der Waals surface area contributed by atoms with Crippen molar-refractivity contribution in [1.29, 1.82) is 0 Å². The molecule has 0 unspecified atom stereocenters. The second-order valence-corrected chi connectivity index (χ2v) is 5.31. The van der Waals surface area contributed by atoms with Crippen LogP contribution < -0.4 is 10.0 Å². The first kappa shape index (κ1) is 12.9. The van der Waals surface area contributed by atoms with E-state index >= 15 is 0 Å². The van der Waals surface area contributed by atoms with Crippen LogP contribution in [0.1, 0.15) is 12.5 Å². The lowest BCUT2D eigenvalue weighted by molar-refractivity contribution is 0.596. The molecule has 0 aliphatic heterocycles. The van der Waals surface area contributed by atoms with Crippen molar-refractivity contribution < 1.29 is 12.8 Å². The number of nitrogens with zero attached hydrogens (tertiary/aromatic N) is 1. The summed E-state index contributed by atoms with van der Waals surface area (Å²) in [5, 5.41) is 0. The lowest BCUT2D eigenvalue weighted by Gasteiger charge is -2.20. The van der Waals surface area contributed by atoms with Crippen LogP contribution in [0.2, 0.25) is 0 Å². The standard InChI is InChI=1S/C10H15FN2O2S/c1-3-13(16(2,14)15)9-5-4-8(7-12)10(11)6-9/h4-6H,3,7,12H2,1-2H3. The highest BCUT2D eigenvalue weighted by Gasteiger charge is 2.16. The summed E-state index contributed by atoms with van der Waals surface area (Å²) in [6, 6.07) is 4.24. The van der Waals surface area contributed by atoms with Crippen molar-refractivity contribution >= 4 is 15.7 Å². The summed E-state index contributed by atoms with van der Waals surface area (Å²) < 4.78 is 37.4. The van der Waals surface area contributed by atoms with Crippen LogP contribution >= 0.6 is 0 Å². The van der Waals surface area contributed by atoms with Gasteiger partial charge in [0.1, 0.15) is 5.82 Å². The Hall–Kier alpha value is -1.14. The number of halogens is 1. The molecule has 0 aliphatic carbocycles. The van der Waals surface area contributed by atoms with Crippen LogP contribution in [0, 0.1) is 5.82 Å². The van der Waals surface area contributed by atoms with E-state index < -0.39 is 15.8 Å². The molecule has 0 aromatic heterocycles. The quantitative estimate of drug-likeness (QED) is 0.864. The largest absolute Gasteiger partial charge is 0.326 e. The fraction of sp³-hybridized carbons (Fsp3) is 0.400. The number of sulfonamides is 1. The Balaban J connectivity index is 3.18. The Morgan fingerprint density at radius 3 is 2.44 bits per heavy atom. The highest BCUT2D eigenvalue weighted by molar-refractivity contribution is 7.92. The van der Waals surface area contributed by atoms with Crippen LogP contribution in [-0.4, -0.2) is 21.2 Å². The third-order valence-electron chi connectivity index (χ3n) is 2.23. The summed E-state index contributed by atoms with van der Waals surface area (Å²) in [5.74, 6) is -0.484. The molecule has 0 fully saturated rings. The zero-order valence-corrected chi connectivity index (χ0v) is 10.1. The lowest BCUT2D eigenvalue weighted by atomic mass is 10.2. The predicted octanol–water partition coefficient (Wildman–Crippen LogP) is 1.07. The molecule has 2 N–H and O–H groups in total. The molecule has 0 spiro atoms. The maximum Gasteiger partial charge on any atom is 0.232 e. The topological polar surface area (TPSA) is 63.4 Å². The third kappa shape index (κ3) is 2.70. The molecule has 0 amide bonds. The van der Waals surface area contributed by atoms with Gasteiger partial charge in [-0.15, -0.1) is 0 Å². The number of hydrogen-bond acceptors (Lipinski definition) is 3. The van der Waals surface area contributed by atoms with E-state index in [1.54, 1.807) is 13.0 Å². The predicted molar refractivity (Wildman–Crippen MR) is 62.2 cm³/mol. The average molecular weight is 246 g/mol. The molecule has 0 heterocycles. The number of rotatable bonds is 4. The fourth-order valence-electron chi connectivity index (χ4n) is 1.47. The zero-order valence-electron chi connectivity index (χ0n) is 9.27. The highest BCUT2D eigenvalue weighted by atomic mass is 32.2. The van der Waals surface area contributed by atoms with Crippen molar-refractivity contribution in [3.63, 3.8) is 0 Å². The van der Waals surface area contributed by atoms with E-state index in [1.165, 1.54) is 12.1 Å². The Morgan fingerprint density at radius 2 is 2.06 bits per heavy atom. The first-order valence-electron chi connectivity index (χ1n) is 4.86. The molecule has 0 saturated heterocycles. The van der Waals surface area contributed by atoms with Gasteiger partial charge in [0.2, 0.25) is 10.0 Å². The van der Waals surface area contributed by atoms with E-state index in [0.29, 0.717) is 11.3 Å². The molecule has 0 radical (unpaired) electrons. The highest BCUT2D eigenvalue weighted by Crippen LogP contribution is 2.20. The van der Waals surface area contributed by atoms with Gasteiger partial charge < -0.3 is 5.73 Å². The first-order chi connectivity index (χ1) is 7.40. The summed E-state index contributed by atoms with van der Waals surface area (Å²) in [5.41, 5.74) is 6.01. The van der Waals surface area contributed by atoms with Crippen LogP contribution in [0.5, 0.6) is 0 Å². The molecule has 16 heavy (non-hydrogen) atoms. The van der Waals surface area contributed by atoms with Gasteiger partial charge in [-0.05, 0) is 19.1 Å². The molecule has 4 nitrogen and oxygen atoms in total. The van der Waals surface area contributed by atoms with Crippen molar-refractivity contribution in [2.45, 2.75) is 13.5 Å². The number of hydrogen-bond donors (Lipinski definition) is 1. The second-order valence-electron chi connectivity index (χ2n) is 3.41. The van der Waals surface area contributed by atoms with Crippen LogP contribution in [0.25, 0.3) is 0 Å². The Kier molecular flexibility index (Phi) is 3.88. The van der Waals surface area contributed by atoms with Gasteiger partial charge in [-0.3, -0.25) is 4.31 Å². The van der Waals surface area contributed by atoms with E-state index in [1.807, 2.05) is 0 Å². The number of anilines is 1. The summed E-state index contributed by atoms with van der Waals surface area (Å²) in [6.45, 7) is 2.05. The van der Waals surface area contributed by atoms with Gasteiger partial charge >= 0.3 is 0 Å². The number of benzene rings is 1. The Bertz CT molecular complexity index is 474. The summed E-state index contributed by atoms with van der Waals surface area (Å²) in [6.07, 6.45) is 1.09. The molecule has 0 bridgehead atoms. The third-order valence-corrected chi connectivity index (χ3v) is 3.50. The minimum Gasteiger partial charge on any atom is -0.326 e. The molecule has 1 rings (SSSR count). The Labute approximate surface area is 94.9 Å². The van der Waals surface area contributed by atoms with Gasteiger partial charge in [0.05, 0.1) is 11.9 Å². The van der Waals surface area contributed by atoms with E-state index in [9.17, 15) is 12.8 Å². The van der Waals surface area contributed by atoms with E-state index in [2.05, 4.69) is 0 Å². The first-order valence-corrected chi connectivity index (χ1v) is 6.71. The van der Waals surface area contributed by atoms with Gasteiger partial charge in [0, 0.05) is 18.7 Å². The molecule has 90 valence electrons. The Morgan fingerprint density at radius 1 is 1.44 bits per heavy atom. The fourth-order valence-corrected chi connectivity index (χ4v) is 2.43. The molecular weight excluding hydrogens is 231 g/mol. The van der Waals surface area contributed by atoms with Crippen molar-refractivity contribution in [1.82, 2.24) is 0 Å². The zero-order chi connectivity index (χ0) is 12.3. The minimum absolute atomic E-state index is 0.0944. The van der Waals surface area contributed by atoms with Crippen molar-refractivity contribution in [2.75, 3.05) is 17.1 Å². The summed E-state index contributed by atoms with van der Waals surface area (Å²) in [7, 11) is -3.37. The summed E-state index contributed by atoms with van der Waals surface area (Å²) in [4.78, 5) is 0. The maximum atomic E-state index is 13.4. The minimum atomic E-state index is -3.37. The van der Waals surface area contributed by atoms with Crippen molar-refractivity contribution in [3.8, 4) is 0 Å². The smallest absolute Gasteiger partial charge is 0.232 e. The van der Waals surface area contributed by atoms with Crippen LogP contribution in [0.3, 0.4) is 0 Å². The van der Waals surface area contributed by atoms with Crippen molar-refractivity contribution in [2.24, 2.45) is 5.73 Å². The summed E-state index contributed by atoms with van der Waals surface area (Å²) >= 11 is 0. The van der Waals surface area contributed by atoms with E-state index in [0.717, 1.165) is 10.6 Å². The van der Waals surface area contributed by atoms with Crippen LogP contribution in [-0.2, 0) is 16.6 Å². The molecular formula is C10H15FN2O2S. The van der Waals surface area contributed by atoms with E-state index in [-0.39, 0.29) is 13.1 Å². The normalized spacial score (nSPS) is 11.5. The SMILES string of the molecule is CCN(c1ccc(CN)c(F)c1)S(C)(=O)=O. The second kappa shape index (κ2) is 4.80. The maximum absolute atomic E-state index is 13.4. The lowest BCUT2D eigenvalue weighted by Crippen LogP contribution is -2.29. The molecule has 1 aromatic rings. The van der Waals surface area contributed by atoms with E-state index in [4.69, 9.17) is 5.73 Å². The molecule has 0 aliphatic rings. The van der Waals surface area contributed by atoms with Gasteiger partial charge in [-0.25, -0.2) is 12.8 Å². The average Bonchev–Trinajstić information content (AvgIpc) is 2.17. The van der Waals surface area contributed by atoms with Gasteiger partial charge in [0.15, 0.2) is 0 Å². The number of nitrogens with two attached hydrogens (primary N) is 1. The molecule has 1 aromatic carbocycles.